The number of hydrogen-bond acceptors (Lipinski definition) is 4. The van der Waals surface area contributed by atoms with Gasteiger partial charge in [-0.2, -0.15) is 5.26 Å². The van der Waals surface area contributed by atoms with Gasteiger partial charge in [-0.3, -0.25) is 9.69 Å². The van der Waals surface area contributed by atoms with E-state index >= 15 is 0 Å². The first kappa shape index (κ1) is 23.5. The summed E-state index contributed by atoms with van der Waals surface area (Å²) in [5.74, 6) is 0.950. The van der Waals surface area contributed by atoms with Crippen molar-refractivity contribution in [2.45, 2.75) is 38.5 Å². The summed E-state index contributed by atoms with van der Waals surface area (Å²) in [5.41, 5.74) is 3.48. The number of nitriles is 1. The highest BCUT2D eigenvalue weighted by Crippen LogP contribution is 2.20. The summed E-state index contributed by atoms with van der Waals surface area (Å²) >= 11 is 0. The van der Waals surface area contributed by atoms with E-state index in [4.69, 9.17) is 4.74 Å². The fourth-order valence-electron chi connectivity index (χ4n) is 4.40. The number of amides is 1. The molecule has 1 saturated heterocycles. The summed E-state index contributed by atoms with van der Waals surface area (Å²) in [6.07, 6.45) is 1.48. The standard InChI is InChI=1S/C29H31N3O2/c30-17-15-27(21-24-11-13-28(14-12-24)34-23-26-9-5-2-6-10-26)32-20-19-31(18-16-29(32)33)22-25-7-3-1-4-8-25/h1-14,27H,15-16,18-23H2/t27-/m1/s1. The van der Waals surface area contributed by atoms with E-state index in [-0.39, 0.29) is 11.9 Å². The van der Waals surface area contributed by atoms with Crippen molar-refractivity contribution in [1.29, 1.82) is 5.26 Å². The molecule has 5 heteroatoms. The lowest BCUT2D eigenvalue weighted by atomic mass is 10.0. The maximum Gasteiger partial charge on any atom is 0.224 e. The van der Waals surface area contributed by atoms with Crippen LogP contribution < -0.4 is 4.74 Å². The van der Waals surface area contributed by atoms with Crippen LogP contribution in [0.25, 0.3) is 0 Å². The molecule has 4 rings (SSSR count). The van der Waals surface area contributed by atoms with Gasteiger partial charge in [0, 0.05) is 38.6 Å². The van der Waals surface area contributed by atoms with E-state index in [9.17, 15) is 10.1 Å². The number of hydrogen-bond donors (Lipinski definition) is 0. The molecule has 174 valence electrons. The lowest BCUT2D eigenvalue weighted by Crippen LogP contribution is -2.42. The molecular weight excluding hydrogens is 422 g/mol. The van der Waals surface area contributed by atoms with Gasteiger partial charge in [-0.15, -0.1) is 0 Å². The highest BCUT2D eigenvalue weighted by Gasteiger charge is 2.27. The first-order chi connectivity index (χ1) is 16.7. The van der Waals surface area contributed by atoms with E-state index < -0.39 is 0 Å². The predicted octanol–water partition coefficient (Wildman–Crippen LogP) is 4.82. The number of carbonyl (C=O) groups excluding carboxylic acids is 1. The molecule has 0 aromatic heterocycles. The van der Waals surface area contributed by atoms with Crippen LogP contribution in [-0.4, -0.2) is 41.4 Å². The molecule has 3 aromatic rings. The number of benzene rings is 3. The molecule has 0 radical (unpaired) electrons. The molecule has 1 aliphatic rings. The fraction of sp³-hybridized carbons (Fsp3) is 0.310. The van der Waals surface area contributed by atoms with Crippen molar-refractivity contribution in [1.82, 2.24) is 9.80 Å². The van der Waals surface area contributed by atoms with Crippen molar-refractivity contribution in [2.24, 2.45) is 0 Å². The average molecular weight is 454 g/mol. The zero-order valence-corrected chi connectivity index (χ0v) is 19.5. The van der Waals surface area contributed by atoms with Crippen LogP contribution in [-0.2, 0) is 24.4 Å². The number of carbonyl (C=O) groups is 1. The Kier molecular flexibility index (Phi) is 8.32. The second-order valence-electron chi connectivity index (χ2n) is 8.74. The average Bonchev–Trinajstić information content (AvgIpc) is 3.06. The van der Waals surface area contributed by atoms with Crippen molar-refractivity contribution >= 4 is 5.91 Å². The molecule has 0 bridgehead atoms. The van der Waals surface area contributed by atoms with Crippen LogP contribution in [0.5, 0.6) is 5.75 Å². The Labute approximate surface area is 202 Å². The third-order valence-electron chi connectivity index (χ3n) is 6.28. The van der Waals surface area contributed by atoms with Crippen molar-refractivity contribution in [3.63, 3.8) is 0 Å². The molecule has 0 N–H and O–H groups in total. The van der Waals surface area contributed by atoms with Gasteiger partial charge in [0.2, 0.25) is 5.91 Å². The largest absolute Gasteiger partial charge is 0.489 e. The molecule has 1 atom stereocenters. The molecule has 5 nitrogen and oxygen atoms in total. The van der Waals surface area contributed by atoms with Crippen LogP contribution in [0.1, 0.15) is 29.5 Å². The van der Waals surface area contributed by atoms with Crippen LogP contribution in [0.4, 0.5) is 0 Å². The van der Waals surface area contributed by atoms with Crippen LogP contribution in [0, 0.1) is 11.3 Å². The minimum Gasteiger partial charge on any atom is -0.489 e. The Morgan fingerprint density at radius 2 is 1.50 bits per heavy atom. The topological polar surface area (TPSA) is 56.6 Å². The van der Waals surface area contributed by atoms with Crippen molar-refractivity contribution < 1.29 is 9.53 Å². The van der Waals surface area contributed by atoms with Crippen LogP contribution in [0.15, 0.2) is 84.9 Å². The van der Waals surface area contributed by atoms with E-state index in [2.05, 4.69) is 23.1 Å². The van der Waals surface area contributed by atoms with Gasteiger partial charge in [0.05, 0.1) is 12.5 Å². The van der Waals surface area contributed by atoms with E-state index in [1.54, 1.807) is 0 Å². The monoisotopic (exact) mass is 453 g/mol. The minimum atomic E-state index is -0.120. The van der Waals surface area contributed by atoms with Gasteiger partial charge in [-0.1, -0.05) is 72.8 Å². The van der Waals surface area contributed by atoms with E-state index in [0.717, 1.165) is 36.5 Å². The summed E-state index contributed by atoms with van der Waals surface area (Å²) in [7, 11) is 0. The molecule has 1 amide bonds. The van der Waals surface area contributed by atoms with Crippen molar-refractivity contribution in [3.05, 3.63) is 102 Å². The summed E-state index contributed by atoms with van der Waals surface area (Å²) in [6.45, 7) is 3.58. The maximum absolute atomic E-state index is 13.0. The van der Waals surface area contributed by atoms with Gasteiger partial charge in [-0.05, 0) is 35.2 Å². The molecule has 0 aliphatic carbocycles. The van der Waals surface area contributed by atoms with Crippen LogP contribution in [0.2, 0.25) is 0 Å². The van der Waals surface area contributed by atoms with Gasteiger partial charge >= 0.3 is 0 Å². The van der Waals surface area contributed by atoms with Crippen LogP contribution >= 0.6 is 0 Å². The number of rotatable bonds is 9. The second kappa shape index (κ2) is 12.0. The summed E-state index contributed by atoms with van der Waals surface area (Å²) in [4.78, 5) is 17.2. The van der Waals surface area contributed by atoms with E-state index in [1.165, 1.54) is 5.56 Å². The molecule has 0 unspecified atom stereocenters. The zero-order chi connectivity index (χ0) is 23.6. The quantitative estimate of drug-likeness (QED) is 0.466. The Morgan fingerprint density at radius 3 is 2.18 bits per heavy atom. The van der Waals surface area contributed by atoms with Crippen molar-refractivity contribution in [3.8, 4) is 11.8 Å². The summed E-state index contributed by atoms with van der Waals surface area (Å²) in [5, 5.41) is 9.45. The Morgan fingerprint density at radius 1 is 0.824 bits per heavy atom. The molecule has 3 aromatic carbocycles. The highest BCUT2D eigenvalue weighted by molar-refractivity contribution is 5.77. The Bertz CT molecular complexity index is 1080. The highest BCUT2D eigenvalue weighted by atomic mass is 16.5. The Hall–Kier alpha value is -3.62. The van der Waals surface area contributed by atoms with Crippen molar-refractivity contribution in [2.75, 3.05) is 19.6 Å². The zero-order valence-electron chi connectivity index (χ0n) is 19.5. The third kappa shape index (κ3) is 6.69. The van der Waals surface area contributed by atoms with Gasteiger partial charge in [0.25, 0.3) is 0 Å². The molecule has 1 fully saturated rings. The first-order valence-corrected chi connectivity index (χ1v) is 11.9. The molecule has 0 saturated carbocycles. The number of nitrogens with zero attached hydrogens (tertiary/aromatic N) is 3. The summed E-state index contributed by atoms with van der Waals surface area (Å²) in [6, 6.07) is 30.6. The van der Waals surface area contributed by atoms with E-state index in [1.807, 2.05) is 77.7 Å². The molecule has 1 heterocycles. The normalized spacial score (nSPS) is 15.4. The van der Waals surface area contributed by atoms with Crippen LogP contribution in [0.3, 0.4) is 0 Å². The smallest absolute Gasteiger partial charge is 0.224 e. The molecule has 34 heavy (non-hydrogen) atoms. The van der Waals surface area contributed by atoms with E-state index in [0.29, 0.717) is 32.4 Å². The Balaban J connectivity index is 1.35. The lowest BCUT2D eigenvalue weighted by Gasteiger charge is -2.30. The van der Waals surface area contributed by atoms with Gasteiger partial charge in [-0.25, -0.2) is 0 Å². The molecular formula is C29H31N3O2. The number of ether oxygens (including phenoxy) is 1. The molecule has 1 aliphatic heterocycles. The molecule has 0 spiro atoms. The first-order valence-electron chi connectivity index (χ1n) is 11.9. The predicted molar refractivity (Wildman–Crippen MR) is 133 cm³/mol. The fourth-order valence-corrected chi connectivity index (χ4v) is 4.40. The van der Waals surface area contributed by atoms with Gasteiger partial charge < -0.3 is 9.64 Å². The maximum atomic E-state index is 13.0. The van der Waals surface area contributed by atoms with Gasteiger partial charge in [0.1, 0.15) is 12.4 Å². The second-order valence-corrected chi connectivity index (χ2v) is 8.74. The minimum absolute atomic E-state index is 0.120. The third-order valence-corrected chi connectivity index (χ3v) is 6.28. The summed E-state index contributed by atoms with van der Waals surface area (Å²) < 4.78 is 5.89. The van der Waals surface area contributed by atoms with Gasteiger partial charge in [0.15, 0.2) is 0 Å². The SMILES string of the molecule is N#CC[C@H](Cc1ccc(OCc2ccccc2)cc1)N1CCN(Cc2ccccc2)CCC1=O. The lowest BCUT2D eigenvalue weighted by molar-refractivity contribution is -0.132.